The minimum absolute atomic E-state index is 0.0112. The molecule has 0 spiro atoms. The van der Waals surface area contributed by atoms with Gasteiger partial charge in [-0.05, 0) is 55.8 Å². The second kappa shape index (κ2) is 10.5. The Morgan fingerprint density at radius 2 is 1.58 bits per heavy atom. The van der Waals surface area contributed by atoms with Crippen molar-refractivity contribution in [3.8, 4) is 5.69 Å². The van der Waals surface area contributed by atoms with Crippen LogP contribution in [0, 0.1) is 19.7 Å². The van der Waals surface area contributed by atoms with E-state index in [1.54, 1.807) is 23.9 Å². The maximum atomic E-state index is 14.1. The van der Waals surface area contributed by atoms with E-state index in [0.717, 1.165) is 28.0 Å². The number of benzene rings is 3. The molecule has 0 N–H and O–H groups in total. The molecule has 1 fully saturated rings. The molecule has 3 aromatic carbocycles. The summed E-state index contributed by atoms with van der Waals surface area (Å²) in [6.45, 7) is 6.38. The number of hydrogen-bond donors (Lipinski definition) is 0. The smallest absolute Gasteiger partial charge is 0.253 e. The molecule has 1 aliphatic rings. The zero-order valence-corrected chi connectivity index (χ0v) is 21.2. The van der Waals surface area contributed by atoms with E-state index in [2.05, 4.69) is 46.0 Å². The van der Waals surface area contributed by atoms with Gasteiger partial charge in [0.25, 0.3) is 5.91 Å². The van der Waals surface area contributed by atoms with Gasteiger partial charge in [-0.15, -0.1) is 10.2 Å². The molecular weight excluding hydrogens is 473 g/mol. The van der Waals surface area contributed by atoms with Gasteiger partial charge in [0.2, 0.25) is 0 Å². The highest BCUT2D eigenvalue weighted by Crippen LogP contribution is 2.26. The monoisotopic (exact) mass is 501 g/mol. The lowest BCUT2D eigenvalue weighted by atomic mass is 10.1. The number of aryl methyl sites for hydroxylation is 2. The molecule has 5 rings (SSSR count). The van der Waals surface area contributed by atoms with E-state index in [1.165, 1.54) is 11.6 Å². The summed E-state index contributed by atoms with van der Waals surface area (Å²) in [6.07, 6.45) is 0. The number of thioether (sulfide) groups is 1. The molecule has 36 heavy (non-hydrogen) atoms. The number of rotatable bonds is 6. The lowest BCUT2D eigenvalue weighted by Gasteiger charge is -2.36. The summed E-state index contributed by atoms with van der Waals surface area (Å²) in [5, 5.41) is 9.46. The van der Waals surface area contributed by atoms with Gasteiger partial charge >= 0.3 is 0 Å². The van der Waals surface area contributed by atoms with Gasteiger partial charge in [0, 0.05) is 43.2 Å². The molecule has 0 aliphatic carbocycles. The molecule has 4 aromatic rings. The van der Waals surface area contributed by atoms with Gasteiger partial charge in [0.05, 0.1) is 5.69 Å². The molecule has 0 atom stereocenters. The number of halogens is 1. The topological polar surface area (TPSA) is 54.3 Å². The summed E-state index contributed by atoms with van der Waals surface area (Å²) < 4.78 is 16.2. The number of carbonyl (C=O) groups excluding carboxylic acids is 1. The second-order valence-electron chi connectivity index (χ2n) is 8.92. The number of amides is 1. The Morgan fingerprint density at radius 3 is 2.28 bits per heavy atom. The highest BCUT2D eigenvalue weighted by atomic mass is 32.2. The fourth-order valence-electron chi connectivity index (χ4n) is 4.36. The largest absolute Gasteiger partial charge is 0.366 e. The van der Waals surface area contributed by atoms with Crippen LogP contribution in [-0.4, -0.2) is 51.8 Å². The third-order valence-electron chi connectivity index (χ3n) is 6.42. The van der Waals surface area contributed by atoms with Crippen LogP contribution in [0.15, 0.2) is 78.0 Å². The molecule has 0 radical (unpaired) electrons. The molecule has 184 valence electrons. The van der Waals surface area contributed by atoms with Crippen molar-refractivity contribution < 1.29 is 9.18 Å². The summed E-state index contributed by atoms with van der Waals surface area (Å²) in [5.41, 5.74) is 4.63. The Balaban J connectivity index is 1.19. The van der Waals surface area contributed by atoms with Gasteiger partial charge < -0.3 is 9.80 Å². The molecule has 1 aliphatic heterocycles. The third-order valence-corrected chi connectivity index (χ3v) is 7.42. The van der Waals surface area contributed by atoms with E-state index in [9.17, 15) is 9.18 Å². The van der Waals surface area contributed by atoms with Gasteiger partial charge in [-0.2, -0.15) is 0 Å². The predicted octanol–water partition coefficient (Wildman–Crippen LogP) is 5.28. The normalized spacial score (nSPS) is 13.8. The molecule has 1 saturated heterocycles. The number of para-hydroxylation sites is 1. The van der Waals surface area contributed by atoms with Crippen LogP contribution >= 0.6 is 11.8 Å². The molecule has 1 aromatic heterocycles. The highest BCUT2D eigenvalue weighted by Gasteiger charge is 2.23. The van der Waals surface area contributed by atoms with Gasteiger partial charge in [-0.25, -0.2) is 4.39 Å². The minimum Gasteiger partial charge on any atom is -0.366 e. The standard InChI is InChI=1S/C28H28FN5OS/c1-20-7-13-24(14-8-20)34-21(2)30-31-28(34)36-19-22-9-11-23(12-10-22)27(35)33-17-15-32(16-18-33)26-6-4-3-5-25(26)29/h3-14H,15-19H2,1-2H3. The van der Waals surface area contributed by atoms with Crippen LogP contribution in [0.3, 0.4) is 0 Å². The Kier molecular flexibility index (Phi) is 7.04. The zero-order chi connectivity index (χ0) is 25.1. The summed E-state index contributed by atoms with van der Waals surface area (Å²) in [6, 6.07) is 22.9. The zero-order valence-electron chi connectivity index (χ0n) is 20.4. The summed E-state index contributed by atoms with van der Waals surface area (Å²) in [5.74, 6) is 1.35. The number of anilines is 1. The quantitative estimate of drug-likeness (QED) is 0.337. The van der Waals surface area contributed by atoms with E-state index in [1.807, 2.05) is 47.1 Å². The van der Waals surface area contributed by atoms with Crippen LogP contribution in [0.1, 0.15) is 27.3 Å². The van der Waals surface area contributed by atoms with Crippen molar-refractivity contribution in [1.82, 2.24) is 19.7 Å². The van der Waals surface area contributed by atoms with Crippen LogP contribution in [0.2, 0.25) is 0 Å². The average Bonchev–Trinajstić information content (AvgIpc) is 3.28. The van der Waals surface area contributed by atoms with Gasteiger partial charge in [0.15, 0.2) is 5.16 Å². The highest BCUT2D eigenvalue weighted by molar-refractivity contribution is 7.98. The Morgan fingerprint density at radius 1 is 0.889 bits per heavy atom. The molecule has 1 amide bonds. The van der Waals surface area contributed by atoms with Crippen molar-refractivity contribution in [3.63, 3.8) is 0 Å². The van der Waals surface area contributed by atoms with E-state index >= 15 is 0 Å². The van der Waals surface area contributed by atoms with Crippen LogP contribution in [0.5, 0.6) is 0 Å². The molecule has 0 bridgehead atoms. The molecule has 6 nitrogen and oxygen atoms in total. The van der Waals surface area contributed by atoms with E-state index < -0.39 is 0 Å². The molecule has 0 saturated carbocycles. The summed E-state index contributed by atoms with van der Waals surface area (Å²) in [4.78, 5) is 16.9. The van der Waals surface area contributed by atoms with Gasteiger partial charge in [-0.1, -0.05) is 53.7 Å². The van der Waals surface area contributed by atoms with Crippen molar-refractivity contribution >= 4 is 23.4 Å². The van der Waals surface area contributed by atoms with E-state index in [-0.39, 0.29) is 11.7 Å². The van der Waals surface area contributed by atoms with E-state index in [0.29, 0.717) is 37.4 Å². The molecule has 8 heteroatoms. The third kappa shape index (κ3) is 5.14. The molecule has 2 heterocycles. The number of nitrogens with zero attached hydrogens (tertiary/aromatic N) is 5. The van der Waals surface area contributed by atoms with Crippen molar-refractivity contribution in [2.75, 3.05) is 31.1 Å². The van der Waals surface area contributed by atoms with Crippen molar-refractivity contribution in [2.45, 2.75) is 24.8 Å². The number of hydrogen-bond acceptors (Lipinski definition) is 5. The first-order chi connectivity index (χ1) is 17.5. The van der Waals surface area contributed by atoms with Crippen LogP contribution in [0.4, 0.5) is 10.1 Å². The van der Waals surface area contributed by atoms with Crippen molar-refractivity contribution in [2.24, 2.45) is 0 Å². The first kappa shape index (κ1) is 24.1. The lowest BCUT2D eigenvalue weighted by molar-refractivity contribution is 0.0746. The molecular formula is C28H28FN5OS. The average molecular weight is 502 g/mol. The first-order valence-electron chi connectivity index (χ1n) is 12.0. The Labute approximate surface area is 214 Å². The fraction of sp³-hybridized carbons (Fsp3) is 0.250. The van der Waals surface area contributed by atoms with Crippen LogP contribution < -0.4 is 4.90 Å². The Hall–Kier alpha value is -3.65. The Bertz CT molecular complexity index is 1350. The summed E-state index contributed by atoms with van der Waals surface area (Å²) >= 11 is 1.62. The SMILES string of the molecule is Cc1ccc(-n2c(C)nnc2SCc2ccc(C(=O)N3CCN(c4ccccc4F)CC3)cc2)cc1. The van der Waals surface area contributed by atoms with E-state index in [4.69, 9.17) is 0 Å². The number of carbonyl (C=O) groups is 1. The minimum atomic E-state index is -0.224. The van der Waals surface area contributed by atoms with Crippen molar-refractivity contribution in [1.29, 1.82) is 0 Å². The van der Waals surface area contributed by atoms with Crippen LogP contribution in [0.25, 0.3) is 5.69 Å². The maximum absolute atomic E-state index is 14.1. The maximum Gasteiger partial charge on any atom is 0.253 e. The van der Waals surface area contributed by atoms with Crippen molar-refractivity contribution in [3.05, 3.63) is 101 Å². The van der Waals surface area contributed by atoms with Gasteiger partial charge in [-0.3, -0.25) is 9.36 Å². The second-order valence-corrected chi connectivity index (χ2v) is 9.86. The number of piperazine rings is 1. The first-order valence-corrected chi connectivity index (χ1v) is 13.0. The lowest BCUT2D eigenvalue weighted by Crippen LogP contribution is -2.49. The molecule has 0 unspecified atom stereocenters. The predicted molar refractivity (Wildman–Crippen MR) is 141 cm³/mol. The summed E-state index contributed by atoms with van der Waals surface area (Å²) in [7, 11) is 0. The van der Waals surface area contributed by atoms with Gasteiger partial charge in [0.1, 0.15) is 11.6 Å². The number of aromatic nitrogens is 3. The fourth-order valence-corrected chi connectivity index (χ4v) is 5.31. The van der Waals surface area contributed by atoms with Crippen LogP contribution in [-0.2, 0) is 5.75 Å².